The summed E-state index contributed by atoms with van der Waals surface area (Å²) in [5, 5.41) is 18.3. The maximum Gasteiger partial charge on any atom is 0.272 e. The smallest absolute Gasteiger partial charge is 0.272 e. The molecule has 0 unspecified atom stereocenters. The number of fused-ring (bicyclic) bond motifs is 5. The number of alkyl halides is 1. The maximum atomic E-state index is 13.4. The summed E-state index contributed by atoms with van der Waals surface area (Å²) in [5.41, 5.74) is 6.03. The molecule has 8 nitrogen and oxygen atoms in total. The predicted octanol–water partition coefficient (Wildman–Crippen LogP) is 6.91. The van der Waals surface area contributed by atoms with E-state index in [1.165, 1.54) is 17.4 Å². The number of pyridine rings is 1. The summed E-state index contributed by atoms with van der Waals surface area (Å²) in [7, 11) is 0. The van der Waals surface area contributed by atoms with Crippen molar-refractivity contribution >= 4 is 84.2 Å². The van der Waals surface area contributed by atoms with Crippen molar-refractivity contribution in [3.8, 4) is 5.75 Å². The SMILES string of the molecule is Cc1csc2c(O)cc3c(c12)[C@H](CCl)CN3C(=O)C=Cc1c[nH]c2ncc(NC(=O)c3cc4ccccc4[nH]3)cc12. The molecule has 7 rings (SSSR count). The van der Waals surface area contributed by atoms with Crippen LogP contribution in [0.4, 0.5) is 11.4 Å². The molecule has 1 aliphatic rings. The predicted molar refractivity (Wildman–Crippen MR) is 165 cm³/mol. The highest BCUT2D eigenvalue weighted by molar-refractivity contribution is 7.17. The van der Waals surface area contributed by atoms with Gasteiger partial charge in [0.2, 0.25) is 0 Å². The molecule has 0 aliphatic carbocycles. The third-order valence-electron chi connectivity index (χ3n) is 7.58. The Balaban J connectivity index is 1.15. The van der Waals surface area contributed by atoms with Crippen LogP contribution >= 0.6 is 22.9 Å². The second-order valence-electron chi connectivity index (χ2n) is 10.2. The highest BCUT2D eigenvalue weighted by Crippen LogP contribution is 2.48. The first-order chi connectivity index (χ1) is 19.9. The van der Waals surface area contributed by atoms with E-state index in [1.807, 2.05) is 48.7 Å². The molecule has 10 heteroatoms. The number of phenolic OH excluding ortho intramolecular Hbond substituents is 1. The Morgan fingerprint density at radius 3 is 2.95 bits per heavy atom. The van der Waals surface area contributed by atoms with Gasteiger partial charge in [-0.05, 0) is 47.7 Å². The van der Waals surface area contributed by atoms with Gasteiger partial charge in [-0.3, -0.25) is 9.59 Å². The van der Waals surface area contributed by atoms with Crippen LogP contribution in [0.1, 0.15) is 33.1 Å². The van der Waals surface area contributed by atoms with Crippen LogP contribution in [-0.4, -0.2) is 44.3 Å². The molecule has 0 saturated carbocycles. The zero-order chi connectivity index (χ0) is 28.2. The highest BCUT2D eigenvalue weighted by Gasteiger charge is 2.34. The number of hydrogen-bond donors (Lipinski definition) is 4. The number of thiophene rings is 1. The Morgan fingerprint density at radius 1 is 1.27 bits per heavy atom. The highest BCUT2D eigenvalue weighted by atomic mass is 35.5. The van der Waals surface area contributed by atoms with Crippen molar-refractivity contribution in [2.75, 3.05) is 22.6 Å². The number of benzene rings is 2. The molecule has 2 amide bonds. The number of carbonyl (C=O) groups excluding carboxylic acids is 2. The van der Waals surface area contributed by atoms with Gasteiger partial charge >= 0.3 is 0 Å². The van der Waals surface area contributed by atoms with Gasteiger partial charge in [-0.25, -0.2) is 4.98 Å². The molecule has 204 valence electrons. The minimum Gasteiger partial charge on any atom is -0.506 e. The number of aryl methyl sites for hydroxylation is 1. The van der Waals surface area contributed by atoms with Gasteiger partial charge in [-0.2, -0.15) is 0 Å². The zero-order valence-corrected chi connectivity index (χ0v) is 23.4. The monoisotopic (exact) mass is 581 g/mol. The summed E-state index contributed by atoms with van der Waals surface area (Å²) in [6, 6.07) is 13.0. The summed E-state index contributed by atoms with van der Waals surface area (Å²) in [6.45, 7) is 2.45. The summed E-state index contributed by atoms with van der Waals surface area (Å²) in [5.74, 6) is 0.0252. The third-order valence-corrected chi connectivity index (χ3v) is 9.07. The van der Waals surface area contributed by atoms with Gasteiger partial charge in [0.25, 0.3) is 11.8 Å². The Hall–Kier alpha value is -4.60. The van der Waals surface area contributed by atoms with Gasteiger partial charge < -0.3 is 25.3 Å². The van der Waals surface area contributed by atoms with Crippen LogP contribution in [0.15, 0.2) is 66.3 Å². The number of rotatable bonds is 5. The lowest BCUT2D eigenvalue weighted by molar-refractivity contribution is -0.114. The van der Waals surface area contributed by atoms with E-state index in [2.05, 4.69) is 20.3 Å². The number of aromatic nitrogens is 3. The second kappa shape index (κ2) is 9.79. The average Bonchev–Trinajstić information content (AvgIpc) is 3.75. The number of para-hydroxylation sites is 1. The third kappa shape index (κ3) is 4.25. The van der Waals surface area contributed by atoms with Crippen molar-refractivity contribution in [2.45, 2.75) is 12.8 Å². The summed E-state index contributed by atoms with van der Waals surface area (Å²) in [6.07, 6.45) is 6.61. The molecule has 1 aliphatic heterocycles. The Kier molecular flexibility index (Phi) is 6.06. The zero-order valence-electron chi connectivity index (χ0n) is 21.9. The van der Waals surface area contributed by atoms with Crippen molar-refractivity contribution in [1.82, 2.24) is 15.0 Å². The van der Waals surface area contributed by atoms with E-state index < -0.39 is 0 Å². The van der Waals surface area contributed by atoms with E-state index in [9.17, 15) is 14.7 Å². The minimum atomic E-state index is -0.273. The molecule has 5 heterocycles. The van der Waals surface area contributed by atoms with Gasteiger partial charge in [-0.15, -0.1) is 22.9 Å². The number of aromatic amines is 2. The van der Waals surface area contributed by atoms with E-state index in [0.717, 1.165) is 43.1 Å². The van der Waals surface area contributed by atoms with E-state index in [0.29, 0.717) is 35.1 Å². The van der Waals surface area contributed by atoms with Crippen molar-refractivity contribution in [3.63, 3.8) is 0 Å². The average molecular weight is 582 g/mol. The standard InChI is InChI=1S/C31H24ClN5O3S/c1-16-15-41-29-25(38)10-24-28(27(16)29)19(11-32)14-37(24)26(39)7-6-18-12-33-30-21(18)9-20(13-34-30)35-31(40)23-8-17-4-2-3-5-22(17)36-23/h2-10,12-13,15,19,36,38H,11,14H2,1H3,(H,33,34)(H,35,40)/t19-/m1/s1. The molecule has 41 heavy (non-hydrogen) atoms. The topological polar surface area (TPSA) is 114 Å². The molecule has 0 bridgehead atoms. The molecule has 4 aromatic heterocycles. The molecule has 0 fully saturated rings. The molecule has 6 aromatic rings. The van der Waals surface area contributed by atoms with Crippen LogP contribution in [0.3, 0.4) is 0 Å². The van der Waals surface area contributed by atoms with Crippen molar-refractivity contribution in [2.24, 2.45) is 0 Å². The lowest BCUT2D eigenvalue weighted by Gasteiger charge is -2.16. The lowest BCUT2D eigenvalue weighted by atomic mass is 9.97. The van der Waals surface area contributed by atoms with E-state index >= 15 is 0 Å². The van der Waals surface area contributed by atoms with Crippen LogP contribution in [-0.2, 0) is 4.79 Å². The van der Waals surface area contributed by atoms with Gasteiger partial charge in [0, 0.05) is 63.9 Å². The molecule has 1 atom stereocenters. The van der Waals surface area contributed by atoms with Crippen LogP contribution in [0.25, 0.3) is 38.1 Å². The number of amides is 2. The largest absolute Gasteiger partial charge is 0.506 e. The quantitative estimate of drug-likeness (QED) is 0.131. The van der Waals surface area contributed by atoms with Crippen molar-refractivity contribution in [1.29, 1.82) is 0 Å². The number of nitrogens with one attached hydrogen (secondary N) is 3. The van der Waals surface area contributed by atoms with Gasteiger partial charge in [-0.1, -0.05) is 18.2 Å². The summed E-state index contributed by atoms with van der Waals surface area (Å²) >= 11 is 7.84. The van der Waals surface area contributed by atoms with Crippen LogP contribution in [0.2, 0.25) is 0 Å². The van der Waals surface area contributed by atoms with E-state index in [-0.39, 0.29) is 23.5 Å². The number of hydrogen-bond acceptors (Lipinski definition) is 5. The number of nitrogens with zero attached hydrogens (tertiary/aromatic N) is 2. The normalized spacial score (nSPS) is 15.0. The fourth-order valence-electron chi connectivity index (χ4n) is 5.62. The number of carbonyl (C=O) groups is 2. The fraction of sp³-hybridized carbons (Fsp3) is 0.129. The number of phenols is 1. The Bertz CT molecular complexity index is 2010. The van der Waals surface area contributed by atoms with Crippen LogP contribution in [0, 0.1) is 6.92 Å². The Labute approximate surface area is 243 Å². The molecule has 0 radical (unpaired) electrons. The first-order valence-electron chi connectivity index (χ1n) is 13.1. The van der Waals surface area contributed by atoms with Crippen LogP contribution in [0.5, 0.6) is 5.75 Å². The number of aromatic hydroxyl groups is 1. The van der Waals surface area contributed by atoms with Gasteiger partial charge in [0.15, 0.2) is 0 Å². The van der Waals surface area contributed by atoms with E-state index in [1.54, 1.807) is 29.4 Å². The minimum absolute atomic E-state index is 0.0267. The summed E-state index contributed by atoms with van der Waals surface area (Å²) in [4.78, 5) is 38.7. The van der Waals surface area contributed by atoms with Gasteiger partial charge in [0.05, 0.1) is 22.3 Å². The first kappa shape index (κ1) is 25.4. The second-order valence-corrected chi connectivity index (χ2v) is 11.4. The molecular weight excluding hydrogens is 558 g/mol. The van der Waals surface area contributed by atoms with Crippen LogP contribution < -0.4 is 10.2 Å². The van der Waals surface area contributed by atoms with Crippen molar-refractivity contribution < 1.29 is 14.7 Å². The van der Waals surface area contributed by atoms with E-state index in [4.69, 9.17) is 11.6 Å². The Morgan fingerprint density at radius 2 is 2.12 bits per heavy atom. The maximum absolute atomic E-state index is 13.4. The number of anilines is 2. The molecular formula is C31H24ClN5O3S. The van der Waals surface area contributed by atoms with Gasteiger partial charge in [0.1, 0.15) is 17.1 Å². The molecule has 0 saturated heterocycles. The first-order valence-corrected chi connectivity index (χ1v) is 14.5. The number of halogens is 1. The summed E-state index contributed by atoms with van der Waals surface area (Å²) < 4.78 is 0.819. The fourth-order valence-corrected chi connectivity index (χ4v) is 6.86. The molecule has 0 spiro atoms. The molecule has 4 N–H and O–H groups in total. The molecule has 2 aromatic carbocycles. The van der Waals surface area contributed by atoms with Crippen molar-refractivity contribution in [3.05, 3.63) is 88.7 Å². The number of H-pyrrole nitrogens is 2. The lowest BCUT2D eigenvalue weighted by Crippen LogP contribution is -2.28.